The van der Waals surface area contributed by atoms with E-state index >= 15 is 0 Å². The Balaban J connectivity index is 1.77. The summed E-state index contributed by atoms with van der Waals surface area (Å²) in [5.41, 5.74) is 6.07. The number of hydrogen-bond acceptors (Lipinski definition) is 7. The molecule has 2 atom stereocenters. The van der Waals surface area contributed by atoms with E-state index in [0.717, 1.165) is 50.8 Å². The third-order valence-electron chi connectivity index (χ3n) is 6.91. The smallest absolute Gasteiger partial charge is 0.152 e. The molecule has 0 amide bonds. The van der Waals surface area contributed by atoms with E-state index in [2.05, 4.69) is 59.0 Å². The van der Waals surface area contributed by atoms with Crippen LogP contribution in [0.25, 0.3) is 11.3 Å². The van der Waals surface area contributed by atoms with Gasteiger partial charge in [0.25, 0.3) is 0 Å². The summed E-state index contributed by atoms with van der Waals surface area (Å²) in [6.45, 7) is 11.2. The fourth-order valence-corrected chi connectivity index (χ4v) is 5.25. The van der Waals surface area contributed by atoms with Gasteiger partial charge in [-0.3, -0.25) is 0 Å². The lowest BCUT2D eigenvalue weighted by molar-refractivity contribution is 0.414. The number of benzene rings is 3. The Morgan fingerprint density at radius 2 is 1.39 bits per heavy atom. The van der Waals surface area contributed by atoms with Gasteiger partial charge in [-0.1, -0.05) is 48.5 Å². The van der Waals surface area contributed by atoms with Gasteiger partial charge in [0.2, 0.25) is 0 Å². The molecule has 0 bridgehead atoms. The number of aryl methyl sites for hydroxylation is 1. The average molecular weight is 573 g/mol. The number of nitrogens with one attached hydrogen (secondary N) is 1. The first-order valence-corrected chi connectivity index (χ1v) is 14.9. The normalized spacial score (nSPS) is 13.0. The summed E-state index contributed by atoms with van der Waals surface area (Å²) in [6, 6.07) is 26.1. The van der Waals surface area contributed by atoms with Crippen LogP contribution in [0.3, 0.4) is 0 Å². The predicted molar refractivity (Wildman–Crippen MR) is 168 cm³/mol. The summed E-state index contributed by atoms with van der Waals surface area (Å²) in [5.74, 6) is 2.36. The summed E-state index contributed by atoms with van der Waals surface area (Å²) in [7, 11) is 3.33. The zero-order chi connectivity index (χ0) is 29.6. The Kier molecular flexibility index (Phi) is 9.91. The summed E-state index contributed by atoms with van der Waals surface area (Å²) in [5, 5.41) is 9.54. The number of ether oxygens (including phenoxy) is 2. The molecule has 0 fully saturated rings. The standard InChI is InChI=1S/C33H40N4O3S/c1-23-10-8-9-11-29(23)32-30(24(2)36-41(38)33(3,4)5)20-31(34-35-32)37(21-25-12-16-27(39-6)17-13-25)22-26-14-18-28(40-7)19-15-26/h8-20,24,36H,21-22H2,1-7H3/t24-,41?/m0/s1. The van der Waals surface area contributed by atoms with Crippen LogP contribution < -0.4 is 19.1 Å². The molecule has 0 aliphatic carbocycles. The van der Waals surface area contributed by atoms with Gasteiger partial charge in [0.1, 0.15) is 16.2 Å². The lowest BCUT2D eigenvalue weighted by Crippen LogP contribution is -2.40. The van der Waals surface area contributed by atoms with Crippen LogP contribution in [0.1, 0.15) is 56.0 Å². The molecule has 1 N–H and O–H groups in total. The maximum Gasteiger partial charge on any atom is 0.152 e. The van der Waals surface area contributed by atoms with Crippen LogP contribution in [0.2, 0.25) is 0 Å². The summed E-state index contributed by atoms with van der Waals surface area (Å²) < 4.78 is 26.7. The highest BCUT2D eigenvalue weighted by Gasteiger charge is 2.30. The van der Waals surface area contributed by atoms with Crippen LogP contribution in [0.5, 0.6) is 11.5 Å². The predicted octanol–water partition coefficient (Wildman–Crippen LogP) is 6.79. The molecular formula is C33H40N4O3S. The molecule has 41 heavy (non-hydrogen) atoms. The maximum absolute atomic E-state index is 13.1. The van der Waals surface area contributed by atoms with E-state index in [-0.39, 0.29) is 6.04 Å². The van der Waals surface area contributed by atoms with Gasteiger partial charge in [-0.05, 0) is 81.6 Å². The number of methoxy groups -OCH3 is 2. The van der Waals surface area contributed by atoms with Crippen LogP contribution in [-0.4, -0.2) is 33.7 Å². The van der Waals surface area contributed by atoms with E-state index in [9.17, 15) is 4.55 Å². The van der Waals surface area contributed by atoms with Crippen molar-refractivity contribution < 1.29 is 14.0 Å². The van der Waals surface area contributed by atoms with E-state index in [1.165, 1.54) is 0 Å². The SMILES string of the molecule is COc1ccc(CN(Cc2ccc(OC)cc2)c2cc([C@H](C)N[S+]([O-])C(C)(C)C)c(-c3ccccc3C)nn2)cc1. The Bertz CT molecular complexity index is 1370. The second-order valence-electron chi connectivity index (χ2n) is 11.1. The van der Waals surface area contributed by atoms with Gasteiger partial charge < -0.3 is 18.9 Å². The van der Waals surface area contributed by atoms with Crippen molar-refractivity contribution in [3.05, 3.63) is 101 Å². The second kappa shape index (κ2) is 13.4. The molecule has 4 rings (SSSR count). The minimum atomic E-state index is -1.26. The molecular weight excluding hydrogens is 532 g/mol. The molecule has 216 valence electrons. The minimum absolute atomic E-state index is 0.234. The lowest BCUT2D eigenvalue weighted by Gasteiger charge is -2.28. The topological polar surface area (TPSA) is 82.6 Å². The van der Waals surface area contributed by atoms with E-state index in [4.69, 9.17) is 19.7 Å². The number of nitrogens with zero attached hydrogens (tertiary/aromatic N) is 3. The quantitative estimate of drug-likeness (QED) is 0.198. The number of rotatable bonds is 11. The molecule has 0 aliphatic heterocycles. The molecule has 8 heteroatoms. The average Bonchev–Trinajstić information content (AvgIpc) is 2.97. The van der Waals surface area contributed by atoms with E-state index in [0.29, 0.717) is 13.1 Å². The van der Waals surface area contributed by atoms with Crippen molar-refractivity contribution in [2.75, 3.05) is 19.1 Å². The Morgan fingerprint density at radius 1 is 0.854 bits per heavy atom. The minimum Gasteiger partial charge on any atom is -0.598 e. The Hall–Kier alpha value is -3.59. The zero-order valence-corrected chi connectivity index (χ0v) is 25.8. The van der Waals surface area contributed by atoms with Crippen molar-refractivity contribution in [1.82, 2.24) is 14.9 Å². The molecule has 0 saturated heterocycles. The zero-order valence-electron chi connectivity index (χ0n) is 25.0. The molecule has 0 radical (unpaired) electrons. The van der Waals surface area contributed by atoms with Gasteiger partial charge >= 0.3 is 0 Å². The first-order chi connectivity index (χ1) is 19.6. The molecule has 4 aromatic rings. The van der Waals surface area contributed by atoms with Crippen LogP contribution in [0.15, 0.2) is 78.9 Å². The van der Waals surface area contributed by atoms with E-state index in [1.807, 2.05) is 64.1 Å². The van der Waals surface area contributed by atoms with E-state index < -0.39 is 16.1 Å². The van der Waals surface area contributed by atoms with Crippen LogP contribution >= 0.6 is 0 Å². The van der Waals surface area contributed by atoms with Gasteiger partial charge in [-0.15, -0.1) is 14.9 Å². The van der Waals surface area contributed by atoms with Crippen LogP contribution in [-0.2, 0) is 24.5 Å². The fraction of sp³-hybridized carbons (Fsp3) is 0.333. The molecule has 1 heterocycles. The summed E-state index contributed by atoms with van der Waals surface area (Å²) in [6.07, 6.45) is 0. The molecule has 1 unspecified atom stereocenters. The summed E-state index contributed by atoms with van der Waals surface area (Å²) in [4.78, 5) is 2.20. The molecule has 0 saturated carbocycles. The number of hydrogen-bond donors (Lipinski definition) is 1. The van der Waals surface area contributed by atoms with Crippen molar-refractivity contribution in [3.8, 4) is 22.8 Å². The van der Waals surface area contributed by atoms with Crippen molar-refractivity contribution in [1.29, 1.82) is 0 Å². The Morgan fingerprint density at radius 3 is 1.88 bits per heavy atom. The van der Waals surface area contributed by atoms with Crippen molar-refractivity contribution in [3.63, 3.8) is 0 Å². The number of aromatic nitrogens is 2. The highest BCUT2D eigenvalue weighted by Crippen LogP contribution is 2.33. The van der Waals surface area contributed by atoms with Crippen molar-refractivity contribution in [2.24, 2.45) is 0 Å². The first-order valence-electron chi connectivity index (χ1n) is 13.7. The highest BCUT2D eigenvalue weighted by molar-refractivity contribution is 7.90. The van der Waals surface area contributed by atoms with Crippen molar-refractivity contribution >= 4 is 17.2 Å². The molecule has 0 spiro atoms. The molecule has 7 nitrogen and oxygen atoms in total. The largest absolute Gasteiger partial charge is 0.598 e. The number of anilines is 1. The maximum atomic E-state index is 13.1. The van der Waals surface area contributed by atoms with E-state index in [1.54, 1.807) is 14.2 Å². The van der Waals surface area contributed by atoms with Gasteiger partial charge in [-0.2, -0.15) is 0 Å². The van der Waals surface area contributed by atoms with Crippen molar-refractivity contribution in [2.45, 2.75) is 58.5 Å². The molecule has 1 aromatic heterocycles. The van der Waals surface area contributed by atoms with Gasteiger partial charge in [0.15, 0.2) is 5.82 Å². The van der Waals surface area contributed by atoms with Gasteiger partial charge in [0, 0.05) is 35.6 Å². The van der Waals surface area contributed by atoms with Gasteiger partial charge in [-0.25, -0.2) is 0 Å². The molecule has 0 aliphatic rings. The Labute approximate surface area is 247 Å². The third kappa shape index (κ3) is 7.79. The highest BCUT2D eigenvalue weighted by atomic mass is 32.2. The lowest BCUT2D eigenvalue weighted by atomic mass is 9.98. The monoisotopic (exact) mass is 572 g/mol. The van der Waals surface area contributed by atoms with Gasteiger partial charge in [0.05, 0.1) is 26.0 Å². The second-order valence-corrected chi connectivity index (χ2v) is 13.1. The summed E-state index contributed by atoms with van der Waals surface area (Å²) >= 11 is -1.26. The van der Waals surface area contributed by atoms with Crippen LogP contribution in [0.4, 0.5) is 5.82 Å². The first kappa shape index (κ1) is 30.4. The fourth-order valence-electron chi connectivity index (χ4n) is 4.45. The third-order valence-corrected chi connectivity index (χ3v) is 8.59. The molecule has 3 aromatic carbocycles. The van der Waals surface area contributed by atoms with Crippen LogP contribution in [0, 0.1) is 6.92 Å².